The molecule has 0 spiro atoms. The summed E-state index contributed by atoms with van der Waals surface area (Å²) >= 11 is 1.62. The van der Waals surface area contributed by atoms with Crippen LogP contribution in [0.4, 0.5) is 0 Å². The Morgan fingerprint density at radius 1 is 0.861 bits per heavy atom. The SMILES string of the molecule is O=C(NCc1ccc(-c2csc(-c3ccccc3)n2)cc1)c1cc(-c2ccc3c(c2)OCCO3)on1. The van der Waals surface area contributed by atoms with Gasteiger partial charge in [-0.3, -0.25) is 4.79 Å². The summed E-state index contributed by atoms with van der Waals surface area (Å²) in [6.45, 7) is 1.40. The Morgan fingerprint density at radius 2 is 1.64 bits per heavy atom. The highest BCUT2D eigenvalue weighted by Gasteiger charge is 2.17. The van der Waals surface area contributed by atoms with Gasteiger partial charge in [-0.2, -0.15) is 0 Å². The number of hydrogen-bond donors (Lipinski definition) is 1. The summed E-state index contributed by atoms with van der Waals surface area (Å²) in [7, 11) is 0. The van der Waals surface area contributed by atoms with E-state index in [1.165, 1.54) is 0 Å². The first kappa shape index (κ1) is 22.1. The zero-order chi connectivity index (χ0) is 24.3. The van der Waals surface area contributed by atoms with Crippen molar-refractivity contribution in [3.8, 4) is 44.7 Å². The Balaban J connectivity index is 1.08. The van der Waals surface area contributed by atoms with Crippen LogP contribution < -0.4 is 14.8 Å². The molecule has 6 rings (SSSR count). The lowest BCUT2D eigenvalue weighted by atomic mass is 10.1. The number of amides is 1. The van der Waals surface area contributed by atoms with Crippen LogP contribution >= 0.6 is 11.3 Å². The van der Waals surface area contributed by atoms with Gasteiger partial charge in [0.2, 0.25) is 0 Å². The number of thiazole rings is 1. The quantitative estimate of drug-likeness (QED) is 0.319. The summed E-state index contributed by atoms with van der Waals surface area (Å²) in [6, 6.07) is 25.3. The second-order valence-corrected chi connectivity index (χ2v) is 9.08. The standard InChI is InChI=1S/C28H21N3O4S/c32-27(22-15-25(35-31-22)21-10-11-24-26(14-21)34-13-12-33-24)29-16-18-6-8-19(9-7-18)23-17-36-28(30-23)20-4-2-1-3-5-20/h1-11,14-15,17H,12-13,16H2,(H,29,32). The van der Waals surface area contributed by atoms with Crippen molar-refractivity contribution in [2.75, 3.05) is 13.2 Å². The number of ether oxygens (including phenoxy) is 2. The van der Waals surface area contributed by atoms with Gasteiger partial charge in [0.25, 0.3) is 5.91 Å². The molecule has 36 heavy (non-hydrogen) atoms. The third-order valence-corrected chi connectivity index (χ3v) is 6.69. The van der Waals surface area contributed by atoms with Crippen LogP contribution in [-0.4, -0.2) is 29.3 Å². The number of nitrogens with one attached hydrogen (secondary N) is 1. The van der Waals surface area contributed by atoms with Crippen molar-refractivity contribution in [3.63, 3.8) is 0 Å². The molecule has 3 heterocycles. The maximum Gasteiger partial charge on any atom is 0.273 e. The number of aromatic nitrogens is 2. The van der Waals surface area contributed by atoms with Crippen LogP contribution in [0.1, 0.15) is 16.1 Å². The van der Waals surface area contributed by atoms with E-state index in [-0.39, 0.29) is 11.6 Å². The Kier molecular flexibility index (Phi) is 5.93. The average Bonchev–Trinajstić information content (AvgIpc) is 3.63. The molecule has 0 radical (unpaired) electrons. The molecule has 8 heteroatoms. The van der Waals surface area contributed by atoms with Crippen molar-refractivity contribution >= 4 is 17.2 Å². The number of rotatable bonds is 6. The van der Waals surface area contributed by atoms with Gasteiger partial charge in [-0.05, 0) is 23.8 Å². The van der Waals surface area contributed by atoms with E-state index in [9.17, 15) is 4.79 Å². The minimum absolute atomic E-state index is 0.215. The molecule has 3 aromatic carbocycles. The molecule has 1 aliphatic heterocycles. The molecule has 0 saturated heterocycles. The molecule has 178 valence electrons. The zero-order valence-electron chi connectivity index (χ0n) is 19.1. The van der Waals surface area contributed by atoms with Crippen molar-refractivity contribution < 1.29 is 18.8 Å². The van der Waals surface area contributed by atoms with Gasteiger partial charge in [0.15, 0.2) is 23.0 Å². The van der Waals surface area contributed by atoms with Gasteiger partial charge in [-0.25, -0.2) is 4.98 Å². The van der Waals surface area contributed by atoms with E-state index in [2.05, 4.69) is 28.0 Å². The van der Waals surface area contributed by atoms with Gasteiger partial charge >= 0.3 is 0 Å². The normalized spacial score (nSPS) is 12.3. The molecule has 0 unspecified atom stereocenters. The molecule has 2 aromatic heterocycles. The van der Waals surface area contributed by atoms with Gasteiger partial charge in [0.1, 0.15) is 18.2 Å². The molecule has 1 amide bonds. The van der Waals surface area contributed by atoms with E-state index < -0.39 is 0 Å². The number of fused-ring (bicyclic) bond motifs is 1. The molecule has 0 saturated carbocycles. The Morgan fingerprint density at radius 3 is 2.47 bits per heavy atom. The molecule has 1 aliphatic rings. The van der Waals surface area contributed by atoms with Crippen LogP contribution in [0.2, 0.25) is 0 Å². The molecule has 1 N–H and O–H groups in total. The number of carbonyl (C=O) groups is 1. The highest BCUT2D eigenvalue weighted by atomic mass is 32.1. The maximum atomic E-state index is 12.6. The third-order valence-electron chi connectivity index (χ3n) is 5.80. The second-order valence-electron chi connectivity index (χ2n) is 8.22. The first-order valence-electron chi connectivity index (χ1n) is 11.5. The lowest BCUT2D eigenvalue weighted by Crippen LogP contribution is -2.22. The summed E-state index contributed by atoms with van der Waals surface area (Å²) < 4.78 is 16.6. The van der Waals surface area contributed by atoms with Crippen molar-refractivity contribution in [1.29, 1.82) is 0 Å². The van der Waals surface area contributed by atoms with E-state index in [1.54, 1.807) is 17.4 Å². The first-order valence-corrected chi connectivity index (χ1v) is 12.4. The number of carbonyl (C=O) groups excluding carboxylic acids is 1. The van der Waals surface area contributed by atoms with Crippen LogP contribution in [0.5, 0.6) is 11.5 Å². The Labute approximate surface area is 211 Å². The van der Waals surface area contributed by atoms with Crippen LogP contribution in [0, 0.1) is 0 Å². The predicted octanol–water partition coefficient (Wildman–Crippen LogP) is 5.83. The van der Waals surface area contributed by atoms with Gasteiger partial charge in [-0.1, -0.05) is 59.8 Å². The second kappa shape index (κ2) is 9.67. The minimum Gasteiger partial charge on any atom is -0.486 e. The van der Waals surface area contributed by atoms with E-state index in [1.807, 2.05) is 60.7 Å². The minimum atomic E-state index is -0.307. The summed E-state index contributed by atoms with van der Waals surface area (Å²) in [6.07, 6.45) is 0. The van der Waals surface area contributed by atoms with Gasteiger partial charge in [0.05, 0.1) is 5.69 Å². The largest absolute Gasteiger partial charge is 0.486 e. The first-order chi connectivity index (χ1) is 17.7. The van der Waals surface area contributed by atoms with Crippen LogP contribution in [0.25, 0.3) is 33.2 Å². The van der Waals surface area contributed by atoms with Crippen molar-refractivity contribution in [2.24, 2.45) is 0 Å². The molecule has 5 aromatic rings. The fourth-order valence-electron chi connectivity index (χ4n) is 3.90. The molecule has 0 bridgehead atoms. The van der Waals surface area contributed by atoms with E-state index in [0.29, 0.717) is 37.0 Å². The summed E-state index contributed by atoms with van der Waals surface area (Å²) in [5, 5.41) is 9.88. The summed E-state index contributed by atoms with van der Waals surface area (Å²) in [5.41, 5.74) is 5.03. The lowest BCUT2D eigenvalue weighted by Gasteiger charge is -2.18. The van der Waals surface area contributed by atoms with Crippen LogP contribution in [-0.2, 0) is 6.54 Å². The molecular formula is C28H21N3O4S. The van der Waals surface area contributed by atoms with Crippen LogP contribution in [0.3, 0.4) is 0 Å². The van der Waals surface area contributed by atoms with Crippen molar-refractivity contribution in [3.05, 3.63) is 95.5 Å². The van der Waals surface area contributed by atoms with Crippen LogP contribution in [0.15, 0.2) is 88.8 Å². The number of nitrogens with zero attached hydrogens (tertiary/aromatic N) is 2. The topological polar surface area (TPSA) is 86.5 Å². The molecule has 0 fully saturated rings. The van der Waals surface area contributed by atoms with Gasteiger partial charge in [-0.15, -0.1) is 11.3 Å². The smallest absolute Gasteiger partial charge is 0.273 e. The Bertz CT molecular complexity index is 1510. The highest BCUT2D eigenvalue weighted by molar-refractivity contribution is 7.13. The van der Waals surface area contributed by atoms with Crippen molar-refractivity contribution in [2.45, 2.75) is 6.54 Å². The monoisotopic (exact) mass is 495 g/mol. The number of benzene rings is 3. The maximum absolute atomic E-state index is 12.6. The molecule has 0 atom stereocenters. The fourth-order valence-corrected chi connectivity index (χ4v) is 4.74. The average molecular weight is 496 g/mol. The van der Waals surface area contributed by atoms with E-state index in [0.717, 1.165) is 33.0 Å². The van der Waals surface area contributed by atoms with E-state index >= 15 is 0 Å². The Hall–Kier alpha value is -4.43. The molecule has 0 aliphatic carbocycles. The molecule has 7 nitrogen and oxygen atoms in total. The van der Waals surface area contributed by atoms with E-state index in [4.69, 9.17) is 19.0 Å². The summed E-state index contributed by atoms with van der Waals surface area (Å²) in [4.78, 5) is 17.4. The lowest BCUT2D eigenvalue weighted by molar-refractivity contribution is 0.0942. The fraction of sp³-hybridized carbons (Fsp3) is 0.107. The third kappa shape index (κ3) is 4.58. The van der Waals surface area contributed by atoms with Gasteiger partial charge in [0, 0.05) is 34.7 Å². The molecular weight excluding hydrogens is 474 g/mol. The van der Waals surface area contributed by atoms with Crippen molar-refractivity contribution in [1.82, 2.24) is 15.5 Å². The van der Waals surface area contributed by atoms with Gasteiger partial charge < -0.3 is 19.3 Å². The highest BCUT2D eigenvalue weighted by Crippen LogP contribution is 2.34. The summed E-state index contributed by atoms with van der Waals surface area (Å²) in [5.74, 6) is 1.52. The predicted molar refractivity (Wildman–Crippen MR) is 137 cm³/mol. The zero-order valence-corrected chi connectivity index (χ0v) is 20.0. The number of hydrogen-bond acceptors (Lipinski definition) is 7.